The molecule has 58 valence electrons. The Kier molecular flexibility index (Phi) is 1.79. The Morgan fingerprint density at radius 3 is 2.64 bits per heavy atom. The van der Waals surface area contributed by atoms with Crippen LogP contribution >= 0.6 is 0 Å². The zero-order valence-corrected chi connectivity index (χ0v) is 6.37. The summed E-state index contributed by atoms with van der Waals surface area (Å²) < 4.78 is 0. The molecule has 0 fully saturated rings. The molecule has 0 unspecified atom stereocenters. The van der Waals surface area contributed by atoms with E-state index in [0.717, 1.165) is 0 Å². The maximum absolute atomic E-state index is 11.1. The normalized spacial score (nSPS) is 17.3. The van der Waals surface area contributed by atoms with Crippen molar-refractivity contribution in [2.75, 3.05) is 14.1 Å². The van der Waals surface area contributed by atoms with Gasteiger partial charge in [0.2, 0.25) is 0 Å². The number of carbonyl (C=O) groups excluding carboxylic acids is 2. The van der Waals surface area contributed by atoms with E-state index in [1.165, 1.54) is 29.1 Å². The molecule has 0 spiro atoms. The van der Waals surface area contributed by atoms with Crippen LogP contribution in [0.25, 0.3) is 0 Å². The van der Waals surface area contributed by atoms with Crippen LogP contribution in [0.2, 0.25) is 0 Å². The van der Waals surface area contributed by atoms with E-state index in [1.807, 2.05) is 0 Å². The van der Waals surface area contributed by atoms with Gasteiger partial charge in [-0.15, -0.1) is 0 Å². The molecule has 0 aromatic carbocycles. The molecule has 0 aromatic rings. The number of urea groups is 1. The summed E-state index contributed by atoms with van der Waals surface area (Å²) in [5.74, 6) is 1.66. The van der Waals surface area contributed by atoms with Crippen LogP contribution in [0, 0.1) is 0 Å². The summed E-state index contributed by atoms with van der Waals surface area (Å²) in [6.45, 7) is 0. The number of nitrogens with zero attached hydrogens (tertiary/aromatic N) is 2. The summed E-state index contributed by atoms with van der Waals surface area (Å²) in [5, 5.41) is 0. The third-order valence-electron chi connectivity index (χ3n) is 1.51. The van der Waals surface area contributed by atoms with Gasteiger partial charge in [-0.05, 0) is 6.08 Å². The van der Waals surface area contributed by atoms with E-state index >= 15 is 0 Å². The first-order valence-corrected chi connectivity index (χ1v) is 3.10. The van der Waals surface area contributed by atoms with Gasteiger partial charge in [-0.2, -0.15) is 0 Å². The van der Waals surface area contributed by atoms with E-state index in [1.54, 1.807) is 13.0 Å². The average molecular weight is 152 g/mol. The predicted octanol–water partition coefficient (Wildman–Crippen LogP) is 0.213. The molecule has 2 amide bonds. The second-order valence-electron chi connectivity index (χ2n) is 2.26. The smallest absolute Gasteiger partial charge is 0.304 e. The van der Waals surface area contributed by atoms with Crippen molar-refractivity contribution in [2.45, 2.75) is 0 Å². The number of hydrogen-bond donors (Lipinski definition) is 0. The standard InChI is InChI=1S/C7H8N2O2/c1-8-4-3-6(5-10)9(2)7(8)11/h3-4H,1-2H3. The maximum Gasteiger partial charge on any atom is 0.328 e. The van der Waals surface area contributed by atoms with Gasteiger partial charge in [-0.25, -0.2) is 9.59 Å². The van der Waals surface area contributed by atoms with Gasteiger partial charge < -0.3 is 4.90 Å². The lowest BCUT2D eigenvalue weighted by atomic mass is 10.3. The Labute approximate surface area is 64.4 Å². The highest BCUT2D eigenvalue weighted by Crippen LogP contribution is 2.09. The van der Waals surface area contributed by atoms with Crippen molar-refractivity contribution < 1.29 is 9.59 Å². The second-order valence-corrected chi connectivity index (χ2v) is 2.26. The molecule has 1 aliphatic heterocycles. The molecule has 1 rings (SSSR count). The van der Waals surface area contributed by atoms with Gasteiger partial charge in [0.1, 0.15) is 5.70 Å². The molecule has 0 bridgehead atoms. The van der Waals surface area contributed by atoms with Crippen LogP contribution in [-0.2, 0) is 4.79 Å². The minimum absolute atomic E-state index is 0.231. The lowest BCUT2D eigenvalue weighted by molar-refractivity contribution is 0.196. The van der Waals surface area contributed by atoms with Crippen molar-refractivity contribution in [3.63, 3.8) is 0 Å². The van der Waals surface area contributed by atoms with Crippen molar-refractivity contribution in [1.82, 2.24) is 9.80 Å². The minimum atomic E-state index is -0.231. The molecular weight excluding hydrogens is 144 g/mol. The summed E-state index contributed by atoms with van der Waals surface area (Å²) in [4.78, 5) is 23.9. The Balaban J connectivity index is 3.03. The number of allylic oxidation sites excluding steroid dienone is 1. The molecule has 0 aliphatic carbocycles. The molecule has 0 saturated carbocycles. The van der Waals surface area contributed by atoms with Crippen LogP contribution in [0.4, 0.5) is 4.79 Å². The van der Waals surface area contributed by atoms with Crippen LogP contribution < -0.4 is 0 Å². The van der Waals surface area contributed by atoms with Gasteiger partial charge in [0.25, 0.3) is 0 Å². The largest absolute Gasteiger partial charge is 0.328 e. The average Bonchev–Trinajstić information content (AvgIpc) is 2.01. The van der Waals surface area contributed by atoms with Gasteiger partial charge in [-0.3, -0.25) is 4.90 Å². The van der Waals surface area contributed by atoms with Gasteiger partial charge >= 0.3 is 6.03 Å². The van der Waals surface area contributed by atoms with Crippen molar-refractivity contribution in [3.05, 3.63) is 18.0 Å². The molecule has 1 heterocycles. The topological polar surface area (TPSA) is 40.6 Å². The molecule has 4 nitrogen and oxygen atoms in total. The summed E-state index contributed by atoms with van der Waals surface area (Å²) in [7, 11) is 3.15. The number of carbonyl (C=O) groups is 1. The zero-order valence-electron chi connectivity index (χ0n) is 6.37. The monoisotopic (exact) mass is 152 g/mol. The van der Waals surface area contributed by atoms with E-state index in [0.29, 0.717) is 0 Å². The fourth-order valence-corrected chi connectivity index (χ4v) is 0.800. The van der Waals surface area contributed by atoms with Crippen LogP contribution in [0.1, 0.15) is 0 Å². The van der Waals surface area contributed by atoms with Gasteiger partial charge in [-0.1, -0.05) is 0 Å². The molecule has 1 aliphatic rings. The molecular formula is C7H8N2O2. The van der Waals surface area contributed by atoms with E-state index in [2.05, 4.69) is 0 Å². The summed E-state index contributed by atoms with van der Waals surface area (Å²) in [6, 6.07) is -0.231. The molecule has 0 saturated heterocycles. The van der Waals surface area contributed by atoms with Gasteiger partial charge in [0, 0.05) is 20.3 Å². The molecule has 0 aromatic heterocycles. The third-order valence-corrected chi connectivity index (χ3v) is 1.51. The predicted molar refractivity (Wildman–Crippen MR) is 39.3 cm³/mol. The molecule has 0 radical (unpaired) electrons. The maximum atomic E-state index is 11.1. The molecule has 0 atom stereocenters. The van der Waals surface area contributed by atoms with Crippen molar-refractivity contribution >= 4 is 12.0 Å². The molecule has 0 N–H and O–H groups in total. The summed E-state index contributed by atoms with van der Waals surface area (Å²) in [5.41, 5.74) is 0.258. The van der Waals surface area contributed by atoms with Crippen LogP contribution in [0.3, 0.4) is 0 Å². The van der Waals surface area contributed by atoms with Crippen LogP contribution in [0.15, 0.2) is 18.0 Å². The molecule has 11 heavy (non-hydrogen) atoms. The first-order chi connectivity index (χ1) is 5.16. The number of hydrogen-bond acceptors (Lipinski definition) is 2. The Morgan fingerprint density at radius 1 is 1.45 bits per heavy atom. The number of likely N-dealkylation sites (N-methyl/N-ethyl adjacent to an activating group) is 1. The zero-order chi connectivity index (χ0) is 8.43. The summed E-state index contributed by atoms with van der Waals surface area (Å²) >= 11 is 0. The van der Waals surface area contributed by atoms with Gasteiger partial charge in [0.15, 0.2) is 5.94 Å². The highest BCUT2D eigenvalue weighted by atomic mass is 16.2. The fourth-order valence-electron chi connectivity index (χ4n) is 0.800. The van der Waals surface area contributed by atoms with Crippen molar-refractivity contribution in [2.24, 2.45) is 0 Å². The first-order valence-electron chi connectivity index (χ1n) is 3.10. The highest BCUT2D eigenvalue weighted by molar-refractivity contribution is 5.82. The second kappa shape index (κ2) is 2.60. The lowest BCUT2D eigenvalue weighted by Crippen LogP contribution is -2.38. The first kappa shape index (κ1) is 7.57. The van der Waals surface area contributed by atoms with Gasteiger partial charge in [0.05, 0.1) is 0 Å². The Morgan fingerprint density at radius 2 is 2.09 bits per heavy atom. The van der Waals surface area contributed by atoms with Crippen molar-refractivity contribution in [3.8, 4) is 0 Å². The Hall–Kier alpha value is -1.54. The lowest BCUT2D eigenvalue weighted by Gasteiger charge is -2.25. The molecule has 4 heteroatoms. The number of rotatable bonds is 0. The van der Waals surface area contributed by atoms with Crippen LogP contribution in [-0.4, -0.2) is 35.9 Å². The Bertz CT molecular complexity index is 264. The van der Waals surface area contributed by atoms with E-state index in [-0.39, 0.29) is 11.7 Å². The van der Waals surface area contributed by atoms with Crippen LogP contribution in [0.5, 0.6) is 0 Å². The third kappa shape index (κ3) is 1.16. The van der Waals surface area contributed by atoms with E-state index in [9.17, 15) is 9.59 Å². The quantitative estimate of drug-likeness (QED) is 0.465. The SMILES string of the molecule is CN1C=CC(=C=O)N(C)C1=O. The fraction of sp³-hybridized carbons (Fsp3) is 0.286. The minimum Gasteiger partial charge on any atom is -0.304 e. The van der Waals surface area contributed by atoms with E-state index < -0.39 is 0 Å². The van der Waals surface area contributed by atoms with E-state index in [4.69, 9.17) is 0 Å². The highest BCUT2D eigenvalue weighted by Gasteiger charge is 2.19. The summed E-state index contributed by atoms with van der Waals surface area (Å²) in [6.07, 6.45) is 3.07. The van der Waals surface area contributed by atoms with Crippen molar-refractivity contribution in [1.29, 1.82) is 0 Å². The number of amides is 2.